The molecule has 0 radical (unpaired) electrons. The van der Waals surface area contributed by atoms with Crippen LogP contribution in [0.4, 0.5) is 10.1 Å². The fourth-order valence-corrected chi connectivity index (χ4v) is 2.70. The number of aromatic nitrogens is 2. The molecule has 0 saturated carbocycles. The Kier molecular flexibility index (Phi) is 3.39. The number of nitrogens with two attached hydrogens (primary N) is 1. The van der Waals surface area contributed by atoms with Crippen LogP contribution in [-0.4, -0.2) is 9.55 Å². The molecular formula is C18H20FN3. The summed E-state index contributed by atoms with van der Waals surface area (Å²) in [7, 11) is 0. The van der Waals surface area contributed by atoms with E-state index in [0.717, 1.165) is 16.9 Å². The van der Waals surface area contributed by atoms with Crippen molar-refractivity contribution in [1.29, 1.82) is 0 Å². The van der Waals surface area contributed by atoms with Crippen molar-refractivity contribution in [1.82, 2.24) is 9.55 Å². The Balaban J connectivity index is 2.23. The van der Waals surface area contributed by atoms with Gasteiger partial charge >= 0.3 is 0 Å². The zero-order valence-corrected chi connectivity index (χ0v) is 13.1. The third-order valence-electron chi connectivity index (χ3n) is 3.77. The third-order valence-corrected chi connectivity index (χ3v) is 3.77. The van der Waals surface area contributed by atoms with Crippen LogP contribution in [0.25, 0.3) is 11.0 Å². The highest BCUT2D eigenvalue weighted by Crippen LogP contribution is 2.30. The second kappa shape index (κ2) is 5.13. The zero-order chi connectivity index (χ0) is 15.9. The number of benzene rings is 2. The van der Waals surface area contributed by atoms with E-state index in [2.05, 4.69) is 25.3 Å². The molecule has 0 fully saturated rings. The maximum atomic E-state index is 14.0. The molecule has 0 unspecified atom stereocenters. The standard InChI is InChI=1S/C18H20FN3/c1-18(2,3)17-21-16-14(20)9-6-10-15(16)22(17)11-12-7-4-5-8-13(12)19/h4-10H,11,20H2,1-3H3. The highest BCUT2D eigenvalue weighted by atomic mass is 19.1. The number of fused-ring (bicyclic) bond motifs is 1. The molecular weight excluding hydrogens is 277 g/mol. The second-order valence-corrected chi connectivity index (χ2v) is 6.58. The lowest BCUT2D eigenvalue weighted by Crippen LogP contribution is -2.19. The summed E-state index contributed by atoms with van der Waals surface area (Å²) in [5.41, 5.74) is 8.91. The van der Waals surface area contributed by atoms with Gasteiger partial charge in [-0.15, -0.1) is 0 Å². The first-order valence-electron chi connectivity index (χ1n) is 7.36. The van der Waals surface area contributed by atoms with Crippen molar-refractivity contribution >= 4 is 16.7 Å². The molecule has 0 spiro atoms. The summed E-state index contributed by atoms with van der Waals surface area (Å²) in [4.78, 5) is 4.72. The van der Waals surface area contributed by atoms with Gasteiger partial charge in [0.25, 0.3) is 0 Å². The van der Waals surface area contributed by atoms with Gasteiger partial charge in [-0.05, 0) is 18.2 Å². The van der Waals surface area contributed by atoms with Crippen molar-refractivity contribution in [3.63, 3.8) is 0 Å². The monoisotopic (exact) mass is 297 g/mol. The third kappa shape index (κ3) is 2.45. The molecule has 3 nitrogen and oxygen atoms in total. The lowest BCUT2D eigenvalue weighted by atomic mass is 9.95. The van der Waals surface area contributed by atoms with E-state index < -0.39 is 0 Å². The van der Waals surface area contributed by atoms with Gasteiger partial charge in [-0.3, -0.25) is 0 Å². The van der Waals surface area contributed by atoms with E-state index in [-0.39, 0.29) is 11.2 Å². The van der Waals surface area contributed by atoms with Gasteiger partial charge < -0.3 is 10.3 Å². The number of nitrogens with zero attached hydrogens (tertiary/aromatic N) is 2. The van der Waals surface area contributed by atoms with E-state index in [4.69, 9.17) is 10.7 Å². The zero-order valence-electron chi connectivity index (χ0n) is 13.1. The van der Waals surface area contributed by atoms with Gasteiger partial charge in [0.2, 0.25) is 0 Å². The number of hydrogen-bond donors (Lipinski definition) is 1. The van der Waals surface area contributed by atoms with Crippen LogP contribution in [0, 0.1) is 5.82 Å². The number of para-hydroxylation sites is 1. The smallest absolute Gasteiger partial charge is 0.128 e. The van der Waals surface area contributed by atoms with Gasteiger partial charge in [-0.25, -0.2) is 9.37 Å². The Morgan fingerprint density at radius 1 is 1.09 bits per heavy atom. The minimum Gasteiger partial charge on any atom is -0.397 e. The molecule has 114 valence electrons. The van der Waals surface area contributed by atoms with Crippen LogP contribution in [0.2, 0.25) is 0 Å². The van der Waals surface area contributed by atoms with Crippen LogP contribution in [0.5, 0.6) is 0 Å². The van der Waals surface area contributed by atoms with Crippen molar-refractivity contribution in [2.75, 3.05) is 5.73 Å². The molecule has 0 atom stereocenters. The normalized spacial score (nSPS) is 12.0. The molecule has 0 aliphatic rings. The SMILES string of the molecule is CC(C)(C)c1nc2c(N)cccc2n1Cc1ccccc1F. The van der Waals surface area contributed by atoms with E-state index in [0.29, 0.717) is 17.8 Å². The van der Waals surface area contributed by atoms with Crippen molar-refractivity contribution in [3.05, 3.63) is 59.7 Å². The topological polar surface area (TPSA) is 43.8 Å². The molecule has 0 amide bonds. The molecule has 0 saturated heterocycles. The summed E-state index contributed by atoms with van der Waals surface area (Å²) in [6.45, 7) is 6.74. The largest absolute Gasteiger partial charge is 0.397 e. The first-order chi connectivity index (χ1) is 10.4. The van der Waals surface area contributed by atoms with Crippen molar-refractivity contribution in [2.24, 2.45) is 0 Å². The van der Waals surface area contributed by atoms with Crippen LogP contribution in [-0.2, 0) is 12.0 Å². The van der Waals surface area contributed by atoms with Crippen LogP contribution in [0.15, 0.2) is 42.5 Å². The molecule has 3 rings (SSSR count). The molecule has 0 aliphatic carbocycles. The van der Waals surface area contributed by atoms with E-state index in [1.165, 1.54) is 6.07 Å². The van der Waals surface area contributed by atoms with E-state index >= 15 is 0 Å². The second-order valence-electron chi connectivity index (χ2n) is 6.58. The molecule has 1 aromatic heterocycles. The van der Waals surface area contributed by atoms with Crippen molar-refractivity contribution in [2.45, 2.75) is 32.7 Å². The lowest BCUT2D eigenvalue weighted by Gasteiger charge is -2.20. The van der Waals surface area contributed by atoms with E-state index in [9.17, 15) is 4.39 Å². The highest BCUT2D eigenvalue weighted by Gasteiger charge is 2.24. The molecule has 0 bridgehead atoms. The summed E-state index contributed by atoms with van der Waals surface area (Å²) in [5, 5.41) is 0. The molecule has 1 heterocycles. The van der Waals surface area contributed by atoms with Gasteiger partial charge in [0, 0.05) is 11.0 Å². The summed E-state index contributed by atoms with van der Waals surface area (Å²) < 4.78 is 16.1. The Hall–Kier alpha value is -2.36. The molecule has 3 aromatic rings. The van der Waals surface area contributed by atoms with Gasteiger partial charge in [0.1, 0.15) is 17.2 Å². The minimum absolute atomic E-state index is 0.156. The van der Waals surface area contributed by atoms with Crippen LogP contribution >= 0.6 is 0 Å². The number of nitrogen functional groups attached to an aromatic ring is 1. The maximum Gasteiger partial charge on any atom is 0.128 e. The Morgan fingerprint density at radius 2 is 1.82 bits per heavy atom. The summed E-state index contributed by atoms with van der Waals surface area (Å²) in [5.74, 6) is 0.705. The molecule has 0 aliphatic heterocycles. The molecule has 22 heavy (non-hydrogen) atoms. The first-order valence-corrected chi connectivity index (χ1v) is 7.36. The predicted molar refractivity (Wildman–Crippen MR) is 88.3 cm³/mol. The summed E-state index contributed by atoms with van der Waals surface area (Å²) >= 11 is 0. The molecule has 2 aromatic carbocycles. The maximum absolute atomic E-state index is 14.0. The van der Waals surface area contributed by atoms with Crippen LogP contribution in [0.1, 0.15) is 32.2 Å². The quantitative estimate of drug-likeness (QED) is 0.724. The number of imidazole rings is 1. The number of halogens is 1. The van der Waals surface area contributed by atoms with Crippen LogP contribution in [0.3, 0.4) is 0 Å². The number of rotatable bonds is 2. The van der Waals surface area contributed by atoms with Crippen LogP contribution < -0.4 is 5.73 Å². The fraction of sp³-hybridized carbons (Fsp3) is 0.278. The summed E-state index contributed by atoms with van der Waals surface area (Å²) in [6.07, 6.45) is 0. The first kappa shape index (κ1) is 14.6. The average molecular weight is 297 g/mol. The van der Waals surface area contributed by atoms with Gasteiger partial charge in [0.15, 0.2) is 0 Å². The minimum atomic E-state index is -0.201. The van der Waals surface area contributed by atoms with Crippen molar-refractivity contribution < 1.29 is 4.39 Å². The van der Waals surface area contributed by atoms with Gasteiger partial charge in [-0.2, -0.15) is 0 Å². The molecule has 2 N–H and O–H groups in total. The average Bonchev–Trinajstić information content (AvgIpc) is 2.82. The highest BCUT2D eigenvalue weighted by molar-refractivity contribution is 5.87. The Morgan fingerprint density at radius 3 is 2.50 bits per heavy atom. The van der Waals surface area contributed by atoms with E-state index in [1.54, 1.807) is 12.1 Å². The Bertz CT molecular complexity index is 828. The number of anilines is 1. The van der Waals surface area contributed by atoms with E-state index in [1.807, 2.05) is 24.3 Å². The summed E-state index contributed by atoms with van der Waals surface area (Å²) in [6, 6.07) is 12.6. The lowest BCUT2D eigenvalue weighted by molar-refractivity contribution is 0.510. The number of hydrogen-bond acceptors (Lipinski definition) is 2. The van der Waals surface area contributed by atoms with Gasteiger partial charge in [-0.1, -0.05) is 45.0 Å². The van der Waals surface area contributed by atoms with Gasteiger partial charge in [0.05, 0.1) is 17.7 Å². The predicted octanol–water partition coefficient (Wildman–Crippen LogP) is 4.10. The molecule has 4 heteroatoms. The fourth-order valence-electron chi connectivity index (χ4n) is 2.70. The Labute approximate surface area is 129 Å². The van der Waals surface area contributed by atoms with Crippen molar-refractivity contribution in [3.8, 4) is 0 Å².